The number of benzodiazepines with no additional fused rings is 1. The predicted octanol–water partition coefficient (Wildman–Crippen LogP) is 3.70. The molecule has 3 N–H and O–H groups in total. The molecule has 4 rings (SSSR count). The zero-order valence-electron chi connectivity index (χ0n) is 21.2. The van der Waals surface area contributed by atoms with Crippen LogP contribution in [0.3, 0.4) is 0 Å². The van der Waals surface area contributed by atoms with Crippen molar-refractivity contribution >= 4 is 29.0 Å². The molecular formula is C29H36N4O3. The average Bonchev–Trinajstić information content (AvgIpc) is 3.00. The summed E-state index contributed by atoms with van der Waals surface area (Å²) in [5.74, 6) is -0.805. The Morgan fingerprint density at radius 2 is 1.81 bits per heavy atom. The number of nitrogens with one attached hydrogen (secondary N) is 1. The van der Waals surface area contributed by atoms with Crippen LogP contribution in [0.4, 0.5) is 5.69 Å². The lowest BCUT2D eigenvalue weighted by atomic mass is 9.86. The normalized spacial score (nSPS) is 19.2. The number of Topliss-reactive ketones (excluding diaryl/α,β-unsaturated/α-hetero) is 1. The van der Waals surface area contributed by atoms with Gasteiger partial charge in [-0.1, -0.05) is 74.7 Å². The Balaban J connectivity index is 1.61. The minimum absolute atomic E-state index is 0.0176. The van der Waals surface area contributed by atoms with Crippen LogP contribution in [0.1, 0.15) is 62.1 Å². The predicted molar refractivity (Wildman–Crippen MR) is 142 cm³/mol. The maximum absolute atomic E-state index is 13.9. The molecule has 1 unspecified atom stereocenters. The molecule has 0 spiro atoms. The van der Waals surface area contributed by atoms with Crippen LogP contribution in [0.5, 0.6) is 0 Å². The van der Waals surface area contributed by atoms with E-state index in [0.717, 1.165) is 54.5 Å². The van der Waals surface area contributed by atoms with Gasteiger partial charge in [0.05, 0.1) is 18.3 Å². The summed E-state index contributed by atoms with van der Waals surface area (Å²) in [4.78, 5) is 46.4. The lowest BCUT2D eigenvalue weighted by molar-refractivity contribution is -0.129. The first kappa shape index (κ1) is 25.8. The summed E-state index contributed by atoms with van der Waals surface area (Å²) in [7, 11) is 0. The summed E-state index contributed by atoms with van der Waals surface area (Å²) < 4.78 is 0. The second-order valence-corrected chi connectivity index (χ2v) is 9.83. The molecule has 2 atom stereocenters. The number of hydrogen-bond acceptors (Lipinski definition) is 5. The topological polar surface area (TPSA) is 105 Å². The summed E-state index contributed by atoms with van der Waals surface area (Å²) in [6.07, 6.45) is 4.76. The summed E-state index contributed by atoms with van der Waals surface area (Å²) in [5, 5.41) is 2.78. The molecule has 1 aliphatic carbocycles. The van der Waals surface area contributed by atoms with E-state index in [1.807, 2.05) is 62.4 Å². The van der Waals surface area contributed by atoms with Crippen LogP contribution in [0.25, 0.3) is 0 Å². The van der Waals surface area contributed by atoms with Crippen molar-refractivity contribution in [3.63, 3.8) is 0 Å². The Hall–Kier alpha value is -3.32. The summed E-state index contributed by atoms with van der Waals surface area (Å²) in [6, 6.07) is 14.5. The van der Waals surface area contributed by atoms with Crippen LogP contribution in [0, 0.1) is 12.8 Å². The third kappa shape index (κ3) is 5.73. The summed E-state index contributed by atoms with van der Waals surface area (Å²) in [5.41, 5.74) is 10.3. The van der Waals surface area contributed by atoms with Crippen molar-refractivity contribution in [2.75, 3.05) is 11.4 Å². The van der Waals surface area contributed by atoms with Crippen molar-refractivity contribution in [1.29, 1.82) is 0 Å². The van der Waals surface area contributed by atoms with Gasteiger partial charge in [-0.25, -0.2) is 0 Å². The van der Waals surface area contributed by atoms with E-state index < -0.39 is 24.0 Å². The first-order chi connectivity index (χ1) is 17.4. The fourth-order valence-corrected chi connectivity index (χ4v) is 5.23. The molecule has 2 aromatic carbocycles. The molecule has 0 radical (unpaired) electrons. The third-order valence-electron chi connectivity index (χ3n) is 7.23. The highest BCUT2D eigenvalue weighted by molar-refractivity contribution is 6.15. The molecule has 1 fully saturated rings. The minimum atomic E-state index is -1.14. The largest absolute Gasteiger partial charge is 0.325 e. The Bertz CT molecular complexity index is 1140. The first-order valence-corrected chi connectivity index (χ1v) is 13.0. The van der Waals surface area contributed by atoms with E-state index in [0.29, 0.717) is 18.5 Å². The number of para-hydroxylation sites is 1. The Morgan fingerprint density at radius 3 is 2.50 bits per heavy atom. The van der Waals surface area contributed by atoms with E-state index in [4.69, 9.17) is 5.73 Å². The number of aliphatic imine (C=N–C) groups is 1. The highest BCUT2D eigenvalue weighted by Gasteiger charge is 2.36. The summed E-state index contributed by atoms with van der Waals surface area (Å²) in [6.45, 7) is 3.89. The van der Waals surface area contributed by atoms with Crippen LogP contribution >= 0.6 is 0 Å². The number of ketones is 1. The van der Waals surface area contributed by atoms with Crippen LogP contribution in [0.2, 0.25) is 0 Å². The fourth-order valence-electron chi connectivity index (χ4n) is 5.23. The number of nitrogens with two attached hydrogens (primary N) is 1. The first-order valence-electron chi connectivity index (χ1n) is 13.0. The second-order valence-electron chi connectivity index (χ2n) is 9.83. The quantitative estimate of drug-likeness (QED) is 0.591. The van der Waals surface area contributed by atoms with E-state index in [1.54, 1.807) is 4.90 Å². The van der Waals surface area contributed by atoms with Gasteiger partial charge in [-0.2, -0.15) is 0 Å². The lowest BCUT2D eigenvalue weighted by Gasteiger charge is -2.29. The molecule has 2 aromatic rings. The van der Waals surface area contributed by atoms with Gasteiger partial charge in [0.2, 0.25) is 12.1 Å². The highest BCUT2D eigenvalue weighted by atomic mass is 16.2. The number of carbonyl (C=O) groups excluding carboxylic acids is 3. The van der Waals surface area contributed by atoms with Gasteiger partial charge < -0.3 is 16.0 Å². The fraction of sp³-hybridized carbons (Fsp3) is 0.448. The van der Waals surface area contributed by atoms with E-state index in [1.165, 1.54) is 0 Å². The van der Waals surface area contributed by atoms with Crippen molar-refractivity contribution in [3.05, 3.63) is 65.2 Å². The van der Waals surface area contributed by atoms with Crippen LogP contribution in [0.15, 0.2) is 53.5 Å². The number of anilines is 1. The highest BCUT2D eigenvalue weighted by Crippen LogP contribution is 2.32. The molecule has 1 aliphatic heterocycles. The zero-order chi connectivity index (χ0) is 25.7. The number of amides is 2. The standard InChI is InChI=1S/C29H36N4O3/c1-3-24-22-16-10-11-19(2)26(22)33(18-25(34)21-14-8-5-9-15-21)29(36)27(31-24)32-28(35)23(30)17-20-12-6-4-7-13-20/h4,6-7,10-13,16,21,23,27H,3,5,8-9,14-15,17-18,30H2,1-2H3,(H,32,35)/t23?,27-/m0/s1. The van der Waals surface area contributed by atoms with Gasteiger partial charge in [-0.05, 0) is 43.7 Å². The third-order valence-corrected chi connectivity index (χ3v) is 7.23. The molecule has 0 saturated heterocycles. The maximum atomic E-state index is 13.9. The second kappa shape index (κ2) is 11.6. The number of benzene rings is 2. The van der Waals surface area contributed by atoms with Crippen molar-refractivity contribution in [3.8, 4) is 0 Å². The molecule has 1 heterocycles. The van der Waals surface area contributed by atoms with Gasteiger partial charge in [0, 0.05) is 17.2 Å². The monoisotopic (exact) mass is 488 g/mol. The number of nitrogens with zero attached hydrogens (tertiary/aromatic N) is 2. The smallest absolute Gasteiger partial charge is 0.272 e. The van der Waals surface area contributed by atoms with E-state index in [-0.39, 0.29) is 18.2 Å². The number of aryl methyl sites for hydroxylation is 1. The van der Waals surface area contributed by atoms with Crippen molar-refractivity contribution < 1.29 is 14.4 Å². The van der Waals surface area contributed by atoms with Gasteiger partial charge in [0.1, 0.15) is 0 Å². The van der Waals surface area contributed by atoms with Crippen molar-refractivity contribution in [2.24, 2.45) is 16.6 Å². The number of rotatable bonds is 8. The lowest BCUT2D eigenvalue weighted by Crippen LogP contribution is -2.53. The van der Waals surface area contributed by atoms with Crippen molar-refractivity contribution in [1.82, 2.24) is 5.32 Å². The Labute approximate surface area is 213 Å². The molecule has 2 aliphatic rings. The van der Waals surface area contributed by atoms with Crippen LogP contribution in [-0.2, 0) is 20.8 Å². The van der Waals surface area contributed by atoms with Gasteiger partial charge in [0.25, 0.3) is 5.91 Å². The van der Waals surface area contributed by atoms with Gasteiger partial charge in [-0.15, -0.1) is 0 Å². The zero-order valence-corrected chi connectivity index (χ0v) is 21.2. The molecule has 2 amide bonds. The Morgan fingerprint density at radius 1 is 1.08 bits per heavy atom. The molecule has 7 nitrogen and oxygen atoms in total. The molecule has 190 valence electrons. The number of fused-ring (bicyclic) bond motifs is 1. The molecule has 1 saturated carbocycles. The summed E-state index contributed by atoms with van der Waals surface area (Å²) >= 11 is 0. The molecule has 0 aromatic heterocycles. The number of carbonyl (C=O) groups is 3. The van der Waals surface area contributed by atoms with Crippen LogP contribution < -0.4 is 16.0 Å². The Kier molecular flexibility index (Phi) is 8.31. The van der Waals surface area contributed by atoms with Gasteiger partial charge in [-0.3, -0.25) is 19.4 Å². The molecular weight excluding hydrogens is 452 g/mol. The van der Waals surface area contributed by atoms with Crippen molar-refractivity contribution in [2.45, 2.75) is 71.0 Å². The molecule has 36 heavy (non-hydrogen) atoms. The maximum Gasteiger partial charge on any atom is 0.272 e. The van der Waals surface area contributed by atoms with E-state index >= 15 is 0 Å². The van der Waals surface area contributed by atoms with E-state index in [9.17, 15) is 14.4 Å². The molecule has 0 bridgehead atoms. The average molecular weight is 489 g/mol. The SMILES string of the molecule is CCC1=N[C@@H](NC(=O)C(N)Cc2ccccc2)C(=O)N(CC(=O)C2CCCCC2)c2c(C)cccc21. The van der Waals surface area contributed by atoms with E-state index in [2.05, 4.69) is 10.3 Å². The number of hydrogen-bond donors (Lipinski definition) is 2. The van der Waals surface area contributed by atoms with Gasteiger partial charge in [0.15, 0.2) is 5.78 Å². The van der Waals surface area contributed by atoms with Gasteiger partial charge >= 0.3 is 0 Å². The van der Waals surface area contributed by atoms with Crippen LogP contribution in [-0.4, -0.2) is 42.1 Å². The molecule has 7 heteroatoms. The minimum Gasteiger partial charge on any atom is -0.325 e.